The normalized spacial score (nSPS) is 11.9. The molecule has 0 aliphatic rings. The number of hydrogen-bond donors (Lipinski definition) is 1. The zero-order valence-electron chi connectivity index (χ0n) is 11.9. The molecule has 0 aliphatic heterocycles. The van der Waals surface area contributed by atoms with Crippen LogP contribution in [0, 0.1) is 0 Å². The quantitative estimate of drug-likeness (QED) is 0.734. The van der Waals surface area contributed by atoms with Crippen LogP contribution in [0.4, 0.5) is 0 Å². The third kappa shape index (κ3) is 6.25. The first kappa shape index (κ1) is 15.5. The number of benzene rings is 1. The van der Waals surface area contributed by atoms with Crippen LogP contribution in [0.2, 0.25) is 0 Å². The van der Waals surface area contributed by atoms with E-state index in [2.05, 4.69) is 5.32 Å². The van der Waals surface area contributed by atoms with Crippen LogP contribution in [0.3, 0.4) is 0 Å². The molecule has 0 saturated carbocycles. The zero-order chi connectivity index (χ0) is 14.1. The van der Waals surface area contributed by atoms with Crippen molar-refractivity contribution >= 4 is 5.97 Å². The van der Waals surface area contributed by atoms with E-state index in [1.54, 1.807) is 7.11 Å². The molecule has 0 aromatic heterocycles. The predicted molar refractivity (Wildman–Crippen MR) is 75.2 cm³/mol. The van der Waals surface area contributed by atoms with Gasteiger partial charge in [0.1, 0.15) is 11.9 Å². The van der Waals surface area contributed by atoms with E-state index in [0.717, 1.165) is 18.7 Å². The van der Waals surface area contributed by atoms with Crippen molar-refractivity contribution in [2.24, 2.45) is 0 Å². The van der Waals surface area contributed by atoms with Gasteiger partial charge in [-0.25, -0.2) is 0 Å². The molecule has 1 aromatic carbocycles. The highest BCUT2D eigenvalue weighted by molar-refractivity contribution is 5.69. The van der Waals surface area contributed by atoms with Gasteiger partial charge in [0.25, 0.3) is 0 Å². The number of nitrogens with one attached hydrogen (secondary N) is 1. The number of rotatable bonds is 8. The van der Waals surface area contributed by atoms with Crippen LogP contribution in [-0.4, -0.2) is 25.7 Å². The second-order valence-corrected chi connectivity index (χ2v) is 4.53. The fourth-order valence-corrected chi connectivity index (χ4v) is 1.69. The van der Waals surface area contributed by atoms with Crippen molar-refractivity contribution in [1.82, 2.24) is 5.32 Å². The minimum Gasteiger partial charge on any atom is -0.497 e. The summed E-state index contributed by atoms with van der Waals surface area (Å²) in [5, 5.41) is 3.27. The third-order valence-corrected chi connectivity index (χ3v) is 2.71. The Kier molecular flexibility index (Phi) is 6.97. The maximum absolute atomic E-state index is 11.3. The van der Waals surface area contributed by atoms with Crippen molar-refractivity contribution in [2.75, 3.05) is 13.7 Å². The summed E-state index contributed by atoms with van der Waals surface area (Å²) >= 11 is 0. The predicted octanol–water partition coefficient (Wildman–Crippen LogP) is 2.52. The van der Waals surface area contributed by atoms with Gasteiger partial charge in [0.2, 0.25) is 0 Å². The highest BCUT2D eigenvalue weighted by atomic mass is 16.5. The lowest BCUT2D eigenvalue weighted by atomic mass is 10.2. The molecular weight excluding hydrogens is 242 g/mol. The van der Waals surface area contributed by atoms with Crippen molar-refractivity contribution in [3.05, 3.63) is 29.8 Å². The minimum atomic E-state index is -0.124. The fourth-order valence-electron chi connectivity index (χ4n) is 1.69. The van der Waals surface area contributed by atoms with Crippen molar-refractivity contribution in [3.8, 4) is 5.75 Å². The van der Waals surface area contributed by atoms with Crippen molar-refractivity contribution < 1.29 is 14.3 Å². The van der Waals surface area contributed by atoms with E-state index >= 15 is 0 Å². The molecule has 0 saturated heterocycles. The van der Waals surface area contributed by atoms with E-state index in [-0.39, 0.29) is 12.1 Å². The number of carbonyl (C=O) groups is 1. The van der Waals surface area contributed by atoms with Crippen molar-refractivity contribution in [3.63, 3.8) is 0 Å². The van der Waals surface area contributed by atoms with Crippen LogP contribution in [0.25, 0.3) is 0 Å². The molecule has 1 rings (SSSR count). The lowest BCUT2D eigenvalue weighted by Crippen LogP contribution is -2.28. The molecule has 106 valence electrons. The van der Waals surface area contributed by atoms with E-state index < -0.39 is 0 Å². The Morgan fingerprint density at radius 1 is 1.32 bits per heavy atom. The van der Waals surface area contributed by atoms with Gasteiger partial charge in [0.15, 0.2) is 0 Å². The van der Waals surface area contributed by atoms with Crippen LogP contribution in [0.1, 0.15) is 32.3 Å². The van der Waals surface area contributed by atoms with Gasteiger partial charge >= 0.3 is 5.97 Å². The molecule has 1 aromatic rings. The molecule has 0 fully saturated rings. The third-order valence-electron chi connectivity index (χ3n) is 2.71. The first-order chi connectivity index (χ1) is 9.15. The molecule has 19 heavy (non-hydrogen) atoms. The van der Waals surface area contributed by atoms with Gasteiger partial charge in [-0.2, -0.15) is 0 Å². The van der Waals surface area contributed by atoms with Crippen LogP contribution >= 0.6 is 0 Å². The maximum Gasteiger partial charge on any atom is 0.306 e. The van der Waals surface area contributed by atoms with Crippen molar-refractivity contribution in [1.29, 1.82) is 0 Å². The molecule has 0 bridgehead atoms. The summed E-state index contributed by atoms with van der Waals surface area (Å²) in [6.45, 7) is 5.27. The molecule has 1 unspecified atom stereocenters. The molecule has 1 N–H and O–H groups in total. The van der Waals surface area contributed by atoms with Crippen LogP contribution < -0.4 is 10.1 Å². The van der Waals surface area contributed by atoms with Gasteiger partial charge in [-0.15, -0.1) is 0 Å². The smallest absolute Gasteiger partial charge is 0.306 e. The maximum atomic E-state index is 11.3. The molecular formula is C15H23NO3. The zero-order valence-corrected chi connectivity index (χ0v) is 11.9. The summed E-state index contributed by atoms with van der Waals surface area (Å²) in [6, 6.07) is 7.89. The van der Waals surface area contributed by atoms with Gasteiger partial charge in [-0.05, 0) is 31.0 Å². The van der Waals surface area contributed by atoms with Crippen LogP contribution in [-0.2, 0) is 16.1 Å². The number of carbonyl (C=O) groups excluding carboxylic acids is 1. The van der Waals surface area contributed by atoms with Gasteiger partial charge < -0.3 is 14.8 Å². The van der Waals surface area contributed by atoms with E-state index in [4.69, 9.17) is 9.47 Å². The van der Waals surface area contributed by atoms with Crippen LogP contribution in [0.15, 0.2) is 24.3 Å². The molecule has 4 nitrogen and oxygen atoms in total. The first-order valence-electron chi connectivity index (χ1n) is 6.68. The largest absolute Gasteiger partial charge is 0.497 e. The fraction of sp³-hybridized carbons (Fsp3) is 0.533. The van der Waals surface area contributed by atoms with Gasteiger partial charge in [-0.1, -0.05) is 19.1 Å². The van der Waals surface area contributed by atoms with E-state index in [1.807, 2.05) is 38.1 Å². The lowest BCUT2D eigenvalue weighted by Gasteiger charge is -2.14. The lowest BCUT2D eigenvalue weighted by molar-refractivity contribution is -0.148. The standard InChI is InChI=1S/C15H23NO3/c1-4-5-15(17)19-12(2)10-16-11-13-6-8-14(18-3)9-7-13/h6-9,12,16H,4-5,10-11H2,1-3H3. The number of ether oxygens (including phenoxy) is 2. The first-order valence-corrected chi connectivity index (χ1v) is 6.68. The van der Waals surface area contributed by atoms with Gasteiger partial charge in [0, 0.05) is 19.5 Å². The van der Waals surface area contributed by atoms with E-state index in [0.29, 0.717) is 13.0 Å². The Balaban J connectivity index is 2.23. The molecule has 0 heterocycles. The monoisotopic (exact) mass is 265 g/mol. The highest BCUT2D eigenvalue weighted by Crippen LogP contribution is 2.10. The Bertz CT molecular complexity index is 375. The summed E-state index contributed by atoms with van der Waals surface area (Å²) in [4.78, 5) is 11.3. The van der Waals surface area contributed by atoms with Gasteiger partial charge in [0.05, 0.1) is 7.11 Å². The summed E-state index contributed by atoms with van der Waals surface area (Å²) in [6.07, 6.45) is 1.21. The van der Waals surface area contributed by atoms with Crippen molar-refractivity contribution in [2.45, 2.75) is 39.3 Å². The Morgan fingerprint density at radius 2 is 2.00 bits per heavy atom. The Labute approximate surface area is 115 Å². The highest BCUT2D eigenvalue weighted by Gasteiger charge is 2.07. The summed E-state index contributed by atoms with van der Waals surface area (Å²) in [7, 11) is 1.65. The molecule has 0 aliphatic carbocycles. The second-order valence-electron chi connectivity index (χ2n) is 4.53. The summed E-state index contributed by atoms with van der Waals surface area (Å²) in [5.41, 5.74) is 1.17. The molecule has 4 heteroatoms. The summed E-state index contributed by atoms with van der Waals surface area (Å²) in [5.74, 6) is 0.729. The second kappa shape index (κ2) is 8.53. The number of esters is 1. The topological polar surface area (TPSA) is 47.6 Å². The minimum absolute atomic E-state index is 0.0997. The van der Waals surface area contributed by atoms with Crippen LogP contribution in [0.5, 0.6) is 5.75 Å². The van der Waals surface area contributed by atoms with Gasteiger partial charge in [-0.3, -0.25) is 4.79 Å². The Hall–Kier alpha value is -1.55. The number of methoxy groups -OCH3 is 1. The van der Waals surface area contributed by atoms with E-state index in [9.17, 15) is 4.79 Å². The average molecular weight is 265 g/mol. The SMILES string of the molecule is CCCC(=O)OC(C)CNCc1ccc(OC)cc1. The Morgan fingerprint density at radius 3 is 2.58 bits per heavy atom. The average Bonchev–Trinajstić information content (AvgIpc) is 2.39. The number of hydrogen-bond acceptors (Lipinski definition) is 4. The molecule has 0 spiro atoms. The summed E-state index contributed by atoms with van der Waals surface area (Å²) < 4.78 is 10.3. The molecule has 0 amide bonds. The van der Waals surface area contributed by atoms with E-state index in [1.165, 1.54) is 5.56 Å². The molecule has 0 radical (unpaired) electrons. The molecule has 1 atom stereocenters.